The number of carbonyl (C=O) groups excluding carboxylic acids is 3. The average molecular weight is 374 g/mol. The molecule has 136 valence electrons. The summed E-state index contributed by atoms with van der Waals surface area (Å²) in [7, 11) is 0. The van der Waals surface area contributed by atoms with E-state index >= 15 is 0 Å². The molecule has 1 amide bonds. The number of amides is 1. The summed E-state index contributed by atoms with van der Waals surface area (Å²) in [6, 6.07) is 12.9. The molecule has 0 saturated carbocycles. The summed E-state index contributed by atoms with van der Waals surface area (Å²) in [5, 5.41) is 3.04. The van der Waals surface area contributed by atoms with E-state index in [1.54, 1.807) is 42.5 Å². The van der Waals surface area contributed by atoms with Crippen molar-refractivity contribution in [2.45, 2.75) is 20.3 Å². The molecule has 26 heavy (non-hydrogen) atoms. The van der Waals surface area contributed by atoms with Crippen LogP contribution in [-0.4, -0.2) is 24.3 Å². The molecule has 0 radical (unpaired) electrons. The smallest absolute Gasteiger partial charge is 0.340 e. The topological polar surface area (TPSA) is 72.5 Å². The van der Waals surface area contributed by atoms with Crippen molar-refractivity contribution in [1.29, 1.82) is 0 Å². The summed E-state index contributed by atoms with van der Waals surface area (Å²) in [6.07, 6.45) is 0.429. The van der Waals surface area contributed by atoms with E-state index in [2.05, 4.69) is 5.32 Å². The number of carbonyl (C=O) groups is 3. The number of rotatable bonds is 7. The van der Waals surface area contributed by atoms with Crippen LogP contribution in [0.2, 0.25) is 5.02 Å². The number of Topliss-reactive ketones (excluding diaryl/α,β-unsaturated/α-hetero) is 1. The average Bonchev–Trinajstić information content (AvgIpc) is 2.59. The molecule has 6 heteroatoms. The second-order valence-electron chi connectivity index (χ2n) is 6.20. The van der Waals surface area contributed by atoms with Gasteiger partial charge in [0.15, 0.2) is 12.4 Å². The molecule has 0 atom stereocenters. The monoisotopic (exact) mass is 373 g/mol. The van der Waals surface area contributed by atoms with E-state index < -0.39 is 5.97 Å². The Hall–Kier alpha value is -2.66. The fraction of sp³-hybridized carbons (Fsp3) is 0.250. The molecule has 0 spiro atoms. The third-order valence-corrected chi connectivity index (χ3v) is 3.84. The Labute approximate surface area is 157 Å². The number of ether oxygens (including phenoxy) is 1. The number of esters is 1. The summed E-state index contributed by atoms with van der Waals surface area (Å²) >= 11 is 5.92. The van der Waals surface area contributed by atoms with Crippen molar-refractivity contribution in [3.63, 3.8) is 0 Å². The van der Waals surface area contributed by atoms with Crippen molar-refractivity contribution in [3.8, 4) is 0 Å². The Bertz CT molecular complexity index is 800. The zero-order chi connectivity index (χ0) is 19.1. The lowest BCUT2D eigenvalue weighted by molar-refractivity contribution is -0.116. The van der Waals surface area contributed by atoms with E-state index in [0.717, 1.165) is 0 Å². The molecular formula is C20H20ClNO4. The number of benzene rings is 2. The van der Waals surface area contributed by atoms with Gasteiger partial charge in [0.1, 0.15) is 0 Å². The van der Waals surface area contributed by atoms with E-state index in [1.165, 1.54) is 6.07 Å². The van der Waals surface area contributed by atoms with Gasteiger partial charge in [0.2, 0.25) is 5.91 Å². The molecule has 2 aromatic carbocycles. The number of hydrogen-bond acceptors (Lipinski definition) is 4. The van der Waals surface area contributed by atoms with Crippen LogP contribution in [0.25, 0.3) is 0 Å². The van der Waals surface area contributed by atoms with Crippen molar-refractivity contribution in [1.82, 2.24) is 0 Å². The highest BCUT2D eigenvalue weighted by Crippen LogP contribution is 2.16. The Balaban J connectivity index is 1.91. The minimum Gasteiger partial charge on any atom is -0.454 e. The highest BCUT2D eigenvalue weighted by atomic mass is 35.5. The van der Waals surface area contributed by atoms with Crippen molar-refractivity contribution in [2.24, 2.45) is 5.92 Å². The number of nitrogens with one attached hydrogen (secondary N) is 1. The molecule has 0 unspecified atom stereocenters. The van der Waals surface area contributed by atoms with Crippen LogP contribution in [0.15, 0.2) is 48.5 Å². The summed E-state index contributed by atoms with van der Waals surface area (Å²) in [4.78, 5) is 35.8. The molecule has 5 nitrogen and oxygen atoms in total. The first-order valence-corrected chi connectivity index (χ1v) is 8.59. The van der Waals surface area contributed by atoms with Crippen LogP contribution in [0.3, 0.4) is 0 Å². The Morgan fingerprint density at radius 3 is 2.31 bits per heavy atom. The van der Waals surface area contributed by atoms with Gasteiger partial charge in [0, 0.05) is 17.7 Å². The maximum Gasteiger partial charge on any atom is 0.340 e. The van der Waals surface area contributed by atoms with E-state index in [4.69, 9.17) is 16.3 Å². The van der Waals surface area contributed by atoms with Crippen LogP contribution in [0.5, 0.6) is 0 Å². The van der Waals surface area contributed by atoms with Gasteiger partial charge < -0.3 is 10.1 Å². The first kappa shape index (κ1) is 19.7. The van der Waals surface area contributed by atoms with Crippen LogP contribution < -0.4 is 5.32 Å². The molecule has 0 heterocycles. The van der Waals surface area contributed by atoms with Crippen LogP contribution in [0.4, 0.5) is 5.69 Å². The standard InChI is InChI=1S/C20H20ClNO4/c1-13(2)11-19(24)22-15-9-7-14(8-10-15)18(23)12-26-20(25)16-5-3-4-6-17(16)21/h3-10,13H,11-12H2,1-2H3,(H,22,24). The highest BCUT2D eigenvalue weighted by molar-refractivity contribution is 6.33. The third kappa shape index (κ3) is 5.70. The highest BCUT2D eigenvalue weighted by Gasteiger charge is 2.14. The van der Waals surface area contributed by atoms with Gasteiger partial charge in [-0.05, 0) is 42.3 Å². The molecule has 0 aliphatic carbocycles. The maximum atomic E-state index is 12.1. The van der Waals surface area contributed by atoms with Gasteiger partial charge in [-0.15, -0.1) is 0 Å². The van der Waals surface area contributed by atoms with Gasteiger partial charge in [0.05, 0.1) is 10.6 Å². The zero-order valence-electron chi connectivity index (χ0n) is 14.6. The number of halogens is 1. The molecule has 2 aromatic rings. The second-order valence-corrected chi connectivity index (χ2v) is 6.61. The van der Waals surface area contributed by atoms with Gasteiger partial charge in [-0.1, -0.05) is 37.6 Å². The number of hydrogen-bond donors (Lipinski definition) is 1. The predicted octanol–water partition coefficient (Wildman–Crippen LogP) is 4.36. The fourth-order valence-electron chi connectivity index (χ4n) is 2.24. The summed E-state index contributed by atoms with van der Waals surface area (Å²) in [6.45, 7) is 3.54. The fourth-order valence-corrected chi connectivity index (χ4v) is 2.45. The van der Waals surface area contributed by atoms with Crippen LogP contribution in [-0.2, 0) is 9.53 Å². The summed E-state index contributed by atoms with van der Waals surface area (Å²) in [5.41, 5.74) is 1.21. The molecule has 0 fully saturated rings. The van der Waals surface area contributed by atoms with Crippen LogP contribution in [0, 0.1) is 5.92 Å². The first-order chi connectivity index (χ1) is 12.4. The minimum absolute atomic E-state index is 0.0762. The van der Waals surface area contributed by atoms with Crippen LogP contribution in [0.1, 0.15) is 41.0 Å². The number of anilines is 1. The molecule has 0 bridgehead atoms. The Morgan fingerprint density at radius 1 is 1.04 bits per heavy atom. The zero-order valence-corrected chi connectivity index (χ0v) is 15.4. The van der Waals surface area contributed by atoms with Crippen molar-refractivity contribution >= 4 is 34.9 Å². The summed E-state index contributed by atoms with van der Waals surface area (Å²) < 4.78 is 5.02. The van der Waals surface area contributed by atoms with Gasteiger partial charge in [-0.25, -0.2) is 4.79 Å². The summed E-state index contributed by atoms with van der Waals surface area (Å²) in [5.74, 6) is -0.802. The molecular weight excluding hydrogens is 354 g/mol. The second kappa shape index (κ2) is 9.15. The molecule has 0 aliphatic rings. The van der Waals surface area contributed by atoms with Crippen LogP contribution >= 0.6 is 11.6 Å². The van der Waals surface area contributed by atoms with Crippen molar-refractivity contribution in [3.05, 3.63) is 64.7 Å². The van der Waals surface area contributed by atoms with Gasteiger partial charge in [0.25, 0.3) is 0 Å². The third-order valence-electron chi connectivity index (χ3n) is 3.51. The van der Waals surface area contributed by atoms with Gasteiger partial charge >= 0.3 is 5.97 Å². The molecule has 0 aromatic heterocycles. The molecule has 0 saturated heterocycles. The minimum atomic E-state index is -0.651. The Kier molecular flexibility index (Phi) is 6.92. The predicted molar refractivity (Wildman–Crippen MR) is 101 cm³/mol. The lowest BCUT2D eigenvalue weighted by Crippen LogP contribution is -2.15. The lowest BCUT2D eigenvalue weighted by atomic mass is 10.1. The van der Waals surface area contributed by atoms with Gasteiger partial charge in [-0.3, -0.25) is 9.59 Å². The number of ketones is 1. The molecule has 2 rings (SSSR count). The van der Waals surface area contributed by atoms with Gasteiger partial charge in [-0.2, -0.15) is 0 Å². The maximum absolute atomic E-state index is 12.1. The van der Waals surface area contributed by atoms with E-state index in [1.807, 2.05) is 13.8 Å². The molecule has 0 aliphatic heterocycles. The largest absolute Gasteiger partial charge is 0.454 e. The van der Waals surface area contributed by atoms with Crippen molar-refractivity contribution in [2.75, 3.05) is 11.9 Å². The quantitative estimate of drug-likeness (QED) is 0.578. The molecule has 1 N–H and O–H groups in total. The first-order valence-electron chi connectivity index (χ1n) is 8.21. The Morgan fingerprint density at radius 2 is 1.69 bits per heavy atom. The lowest BCUT2D eigenvalue weighted by Gasteiger charge is -2.08. The van der Waals surface area contributed by atoms with Crippen molar-refractivity contribution < 1.29 is 19.1 Å². The van der Waals surface area contributed by atoms with E-state index in [-0.39, 0.29) is 34.8 Å². The van der Waals surface area contributed by atoms with E-state index in [9.17, 15) is 14.4 Å². The SMILES string of the molecule is CC(C)CC(=O)Nc1ccc(C(=O)COC(=O)c2ccccc2Cl)cc1. The normalized spacial score (nSPS) is 10.5. The van der Waals surface area contributed by atoms with E-state index in [0.29, 0.717) is 17.7 Å².